The molecule has 27 heavy (non-hydrogen) atoms. The molecule has 0 aliphatic carbocycles. The van der Waals surface area contributed by atoms with Gasteiger partial charge in [-0.15, -0.1) is 0 Å². The molecule has 138 valence electrons. The van der Waals surface area contributed by atoms with Gasteiger partial charge in [0.05, 0.1) is 19.4 Å². The fourth-order valence-electron chi connectivity index (χ4n) is 2.68. The van der Waals surface area contributed by atoms with E-state index in [1.54, 1.807) is 13.2 Å². The van der Waals surface area contributed by atoms with Crippen LogP contribution < -0.4 is 9.47 Å². The van der Waals surface area contributed by atoms with Crippen LogP contribution in [-0.2, 0) is 11.2 Å². The number of aryl methyl sites for hydroxylation is 1. The minimum atomic E-state index is 0.446. The monoisotopic (exact) mass is 363 g/mol. The summed E-state index contributed by atoms with van der Waals surface area (Å²) in [6, 6.07) is 15.3. The average molecular weight is 363 g/mol. The zero-order valence-electron chi connectivity index (χ0n) is 15.3. The van der Waals surface area contributed by atoms with Crippen LogP contribution in [0.2, 0.25) is 0 Å². The van der Waals surface area contributed by atoms with Gasteiger partial charge in [-0.2, -0.15) is 0 Å². The maximum Gasteiger partial charge on any atom is 0.226 e. The van der Waals surface area contributed by atoms with Gasteiger partial charge in [0.25, 0.3) is 0 Å². The van der Waals surface area contributed by atoms with Crippen molar-refractivity contribution in [2.75, 3.05) is 13.7 Å². The summed E-state index contributed by atoms with van der Waals surface area (Å²) in [4.78, 5) is 15.0. The van der Waals surface area contributed by atoms with Crippen molar-refractivity contribution in [1.82, 2.24) is 4.98 Å². The first kappa shape index (κ1) is 18.5. The average Bonchev–Trinajstić information content (AvgIpc) is 3.08. The SMILES string of the molecule is COc1cc(C=CC=O)ccc1OCCc1nc(-c2ccccc2)oc1C. The number of rotatable bonds is 8. The van der Waals surface area contributed by atoms with Gasteiger partial charge >= 0.3 is 0 Å². The van der Waals surface area contributed by atoms with E-state index in [0.717, 1.165) is 28.9 Å². The van der Waals surface area contributed by atoms with Gasteiger partial charge in [-0.05, 0) is 42.8 Å². The van der Waals surface area contributed by atoms with Crippen molar-refractivity contribution in [2.24, 2.45) is 0 Å². The lowest BCUT2D eigenvalue weighted by Crippen LogP contribution is -2.04. The van der Waals surface area contributed by atoms with Gasteiger partial charge in [-0.1, -0.05) is 30.3 Å². The van der Waals surface area contributed by atoms with E-state index in [9.17, 15) is 4.79 Å². The summed E-state index contributed by atoms with van der Waals surface area (Å²) in [6.45, 7) is 2.35. The summed E-state index contributed by atoms with van der Waals surface area (Å²) >= 11 is 0. The largest absolute Gasteiger partial charge is 0.493 e. The number of benzene rings is 2. The van der Waals surface area contributed by atoms with E-state index in [1.807, 2.05) is 55.5 Å². The van der Waals surface area contributed by atoms with Gasteiger partial charge in [-0.25, -0.2) is 4.98 Å². The molecule has 0 aliphatic heterocycles. The smallest absolute Gasteiger partial charge is 0.226 e. The van der Waals surface area contributed by atoms with Crippen molar-refractivity contribution < 1.29 is 18.7 Å². The van der Waals surface area contributed by atoms with Crippen molar-refractivity contribution in [3.63, 3.8) is 0 Å². The molecule has 0 bridgehead atoms. The number of ether oxygens (including phenoxy) is 2. The van der Waals surface area contributed by atoms with Crippen molar-refractivity contribution in [3.05, 3.63) is 71.6 Å². The third kappa shape index (κ3) is 4.64. The first-order chi connectivity index (χ1) is 13.2. The second-order valence-corrected chi connectivity index (χ2v) is 5.89. The van der Waals surface area contributed by atoms with E-state index in [-0.39, 0.29) is 0 Å². The molecule has 5 nitrogen and oxygen atoms in total. The molecule has 0 N–H and O–H groups in total. The molecule has 5 heteroatoms. The zero-order valence-corrected chi connectivity index (χ0v) is 15.3. The van der Waals surface area contributed by atoms with Crippen LogP contribution in [0.5, 0.6) is 11.5 Å². The number of carbonyl (C=O) groups excluding carboxylic acids is 1. The molecule has 0 atom stereocenters. The maximum atomic E-state index is 10.4. The molecule has 0 fully saturated rings. The number of hydrogen-bond acceptors (Lipinski definition) is 5. The molecule has 1 aromatic heterocycles. The number of carbonyl (C=O) groups is 1. The van der Waals surface area contributed by atoms with Gasteiger partial charge < -0.3 is 13.9 Å². The normalized spacial score (nSPS) is 10.9. The van der Waals surface area contributed by atoms with E-state index in [1.165, 1.54) is 6.08 Å². The van der Waals surface area contributed by atoms with E-state index < -0.39 is 0 Å². The van der Waals surface area contributed by atoms with Crippen LogP contribution in [0, 0.1) is 6.92 Å². The number of methoxy groups -OCH3 is 1. The highest BCUT2D eigenvalue weighted by atomic mass is 16.5. The number of nitrogens with zero attached hydrogens (tertiary/aromatic N) is 1. The maximum absolute atomic E-state index is 10.4. The summed E-state index contributed by atoms with van der Waals surface area (Å²) in [5, 5.41) is 0. The Morgan fingerprint density at radius 1 is 1.11 bits per heavy atom. The Kier molecular flexibility index (Phi) is 6.05. The van der Waals surface area contributed by atoms with E-state index >= 15 is 0 Å². The first-order valence-electron chi connectivity index (χ1n) is 8.65. The van der Waals surface area contributed by atoms with Crippen LogP contribution >= 0.6 is 0 Å². The second-order valence-electron chi connectivity index (χ2n) is 5.89. The number of aldehydes is 1. The molecule has 0 saturated carbocycles. The van der Waals surface area contributed by atoms with Crippen LogP contribution in [0.25, 0.3) is 17.5 Å². The summed E-state index contributed by atoms with van der Waals surface area (Å²) in [6.07, 6.45) is 4.51. The van der Waals surface area contributed by atoms with Crippen molar-refractivity contribution in [2.45, 2.75) is 13.3 Å². The predicted molar refractivity (Wildman–Crippen MR) is 104 cm³/mol. The van der Waals surface area contributed by atoms with Crippen LogP contribution in [0.4, 0.5) is 0 Å². The van der Waals surface area contributed by atoms with Crippen LogP contribution in [0.3, 0.4) is 0 Å². The van der Waals surface area contributed by atoms with Crippen LogP contribution in [0.15, 0.2) is 59.0 Å². The molecule has 1 heterocycles. The third-order valence-electron chi connectivity index (χ3n) is 4.06. The molecule has 0 aliphatic rings. The Balaban J connectivity index is 1.65. The lowest BCUT2D eigenvalue weighted by Gasteiger charge is -2.11. The molecule has 0 unspecified atom stereocenters. The molecule has 2 aromatic carbocycles. The highest BCUT2D eigenvalue weighted by Crippen LogP contribution is 2.29. The Hall–Kier alpha value is -3.34. The number of oxazole rings is 1. The fourth-order valence-corrected chi connectivity index (χ4v) is 2.68. The van der Waals surface area contributed by atoms with Gasteiger partial charge in [0, 0.05) is 12.0 Å². The zero-order chi connectivity index (χ0) is 19.1. The van der Waals surface area contributed by atoms with Gasteiger partial charge in [0.1, 0.15) is 12.0 Å². The Morgan fingerprint density at radius 3 is 2.67 bits per heavy atom. The quantitative estimate of drug-likeness (QED) is 0.436. The van der Waals surface area contributed by atoms with Crippen LogP contribution in [-0.4, -0.2) is 25.0 Å². The van der Waals surface area contributed by atoms with Crippen molar-refractivity contribution >= 4 is 12.4 Å². The van der Waals surface area contributed by atoms with Gasteiger partial charge in [0.15, 0.2) is 11.5 Å². The summed E-state index contributed by atoms with van der Waals surface area (Å²) < 4.78 is 17.0. The molecule has 0 amide bonds. The minimum absolute atomic E-state index is 0.446. The molecular formula is C22H21NO4. The highest BCUT2D eigenvalue weighted by Gasteiger charge is 2.12. The topological polar surface area (TPSA) is 61.6 Å². The molecule has 3 aromatic rings. The number of allylic oxidation sites excluding steroid dienone is 1. The van der Waals surface area contributed by atoms with E-state index in [4.69, 9.17) is 13.9 Å². The van der Waals surface area contributed by atoms with Gasteiger partial charge in [-0.3, -0.25) is 4.79 Å². The van der Waals surface area contributed by atoms with Crippen LogP contribution in [0.1, 0.15) is 17.0 Å². The first-order valence-corrected chi connectivity index (χ1v) is 8.65. The third-order valence-corrected chi connectivity index (χ3v) is 4.06. The predicted octanol–water partition coefficient (Wildman–Crippen LogP) is 4.49. The molecule has 0 radical (unpaired) electrons. The fraction of sp³-hybridized carbons (Fsp3) is 0.182. The summed E-state index contributed by atoms with van der Waals surface area (Å²) in [7, 11) is 1.59. The van der Waals surface area contributed by atoms with E-state index in [0.29, 0.717) is 30.4 Å². The number of hydrogen-bond donors (Lipinski definition) is 0. The molecule has 3 rings (SSSR count). The Morgan fingerprint density at radius 2 is 1.93 bits per heavy atom. The van der Waals surface area contributed by atoms with Gasteiger partial charge in [0.2, 0.25) is 5.89 Å². The second kappa shape index (κ2) is 8.85. The Bertz CT molecular complexity index is 929. The summed E-state index contributed by atoms with van der Waals surface area (Å²) in [5.41, 5.74) is 2.69. The Labute approximate surface area is 158 Å². The molecule has 0 saturated heterocycles. The molecular weight excluding hydrogens is 342 g/mol. The molecule has 0 spiro atoms. The van der Waals surface area contributed by atoms with Crippen molar-refractivity contribution in [3.8, 4) is 23.0 Å². The number of aromatic nitrogens is 1. The minimum Gasteiger partial charge on any atom is -0.493 e. The standard InChI is InChI=1S/C22H21NO4/c1-16-19(23-22(27-16)18-8-4-3-5-9-18)12-14-26-20-11-10-17(7-6-13-24)15-21(20)25-2/h3-11,13,15H,12,14H2,1-2H3. The van der Waals surface area contributed by atoms with E-state index in [2.05, 4.69) is 4.98 Å². The lowest BCUT2D eigenvalue weighted by molar-refractivity contribution is -0.104. The highest BCUT2D eigenvalue weighted by molar-refractivity contribution is 5.74. The lowest BCUT2D eigenvalue weighted by atomic mass is 10.2. The summed E-state index contributed by atoms with van der Waals surface area (Å²) in [5.74, 6) is 2.67. The van der Waals surface area contributed by atoms with Crippen molar-refractivity contribution in [1.29, 1.82) is 0 Å².